The number of carbonyl (C=O) groups is 1. The molecular formula is C15H13ClN4O. The molecule has 106 valence electrons. The Bertz CT molecular complexity index is 737. The zero-order chi connectivity index (χ0) is 15.4. The van der Waals surface area contributed by atoms with E-state index in [4.69, 9.17) is 22.7 Å². The number of nitrogens with one attached hydrogen (secondary N) is 2. The van der Waals surface area contributed by atoms with Crippen LogP contribution >= 0.6 is 11.6 Å². The lowest BCUT2D eigenvalue weighted by Crippen LogP contribution is -2.17. The van der Waals surface area contributed by atoms with Crippen LogP contribution in [0.25, 0.3) is 0 Å². The molecule has 21 heavy (non-hydrogen) atoms. The van der Waals surface area contributed by atoms with E-state index in [1.54, 1.807) is 24.3 Å². The van der Waals surface area contributed by atoms with Gasteiger partial charge in [-0.3, -0.25) is 10.6 Å². The first kappa shape index (κ1) is 14.9. The number of amides is 1. The Morgan fingerprint density at radius 3 is 2.57 bits per heavy atom. The highest BCUT2D eigenvalue weighted by Crippen LogP contribution is 2.25. The number of hydrogen-bond acceptors (Lipinski definition) is 4. The number of rotatable bonds is 3. The molecule has 6 heteroatoms. The summed E-state index contributed by atoms with van der Waals surface area (Å²) in [6, 6.07) is 11.9. The molecule has 0 unspecified atom stereocenters. The molecular weight excluding hydrogens is 288 g/mol. The van der Waals surface area contributed by atoms with Crippen LogP contribution in [0, 0.1) is 18.3 Å². The molecule has 0 fully saturated rings. The van der Waals surface area contributed by atoms with Crippen LogP contribution in [-0.2, 0) is 0 Å². The number of nitrogens with two attached hydrogens (primary N) is 1. The fourth-order valence-electron chi connectivity index (χ4n) is 1.85. The van der Waals surface area contributed by atoms with Crippen molar-refractivity contribution in [3.63, 3.8) is 0 Å². The Kier molecular flexibility index (Phi) is 4.43. The first-order chi connectivity index (χ1) is 10.0. The molecule has 2 rings (SSSR count). The van der Waals surface area contributed by atoms with E-state index in [9.17, 15) is 4.79 Å². The summed E-state index contributed by atoms with van der Waals surface area (Å²) >= 11 is 6.04. The van der Waals surface area contributed by atoms with Gasteiger partial charge in [-0.05, 0) is 37.3 Å². The van der Waals surface area contributed by atoms with Crippen molar-refractivity contribution in [2.24, 2.45) is 5.84 Å². The van der Waals surface area contributed by atoms with Crippen molar-refractivity contribution in [2.45, 2.75) is 6.92 Å². The van der Waals surface area contributed by atoms with E-state index in [0.717, 1.165) is 5.56 Å². The Balaban J connectivity index is 2.30. The lowest BCUT2D eigenvalue weighted by Gasteiger charge is -2.11. The SMILES string of the molecule is Cc1ccc(NN)c(C(=O)Nc2ccc(C#N)cc2Cl)c1. The number of anilines is 2. The molecule has 0 aliphatic heterocycles. The van der Waals surface area contributed by atoms with Crippen molar-refractivity contribution >= 4 is 28.9 Å². The van der Waals surface area contributed by atoms with Crippen molar-refractivity contribution in [3.05, 3.63) is 58.1 Å². The van der Waals surface area contributed by atoms with Crippen LogP contribution in [0.2, 0.25) is 5.02 Å². The third-order valence-electron chi connectivity index (χ3n) is 2.92. The molecule has 0 aliphatic carbocycles. The minimum absolute atomic E-state index is 0.303. The Morgan fingerprint density at radius 2 is 1.95 bits per heavy atom. The molecule has 0 spiro atoms. The van der Waals surface area contributed by atoms with Crippen LogP contribution in [0.1, 0.15) is 21.5 Å². The van der Waals surface area contributed by atoms with E-state index in [1.807, 2.05) is 19.1 Å². The van der Waals surface area contributed by atoms with Crippen LogP contribution in [-0.4, -0.2) is 5.91 Å². The monoisotopic (exact) mass is 300 g/mol. The summed E-state index contributed by atoms with van der Waals surface area (Å²) in [5.41, 5.74) is 5.22. The van der Waals surface area contributed by atoms with Crippen LogP contribution in [0.15, 0.2) is 36.4 Å². The molecule has 0 atom stereocenters. The Morgan fingerprint density at radius 1 is 1.24 bits per heavy atom. The fourth-order valence-corrected chi connectivity index (χ4v) is 2.08. The van der Waals surface area contributed by atoms with Gasteiger partial charge < -0.3 is 10.7 Å². The van der Waals surface area contributed by atoms with Crippen LogP contribution < -0.4 is 16.6 Å². The van der Waals surface area contributed by atoms with Crippen molar-refractivity contribution in [1.82, 2.24) is 0 Å². The lowest BCUT2D eigenvalue weighted by atomic mass is 10.1. The molecule has 0 heterocycles. The second-order valence-corrected chi connectivity index (χ2v) is 4.86. The summed E-state index contributed by atoms with van der Waals surface area (Å²) in [6.07, 6.45) is 0. The van der Waals surface area contributed by atoms with Gasteiger partial charge in [0.05, 0.1) is 33.6 Å². The second kappa shape index (κ2) is 6.27. The van der Waals surface area contributed by atoms with Crippen molar-refractivity contribution in [2.75, 3.05) is 10.7 Å². The smallest absolute Gasteiger partial charge is 0.257 e. The van der Waals surface area contributed by atoms with Gasteiger partial charge >= 0.3 is 0 Å². The number of nitrogens with zero attached hydrogens (tertiary/aromatic N) is 1. The minimum atomic E-state index is -0.335. The minimum Gasteiger partial charge on any atom is -0.323 e. The summed E-state index contributed by atoms with van der Waals surface area (Å²) in [5, 5.41) is 11.8. The quantitative estimate of drug-likeness (QED) is 0.600. The van der Waals surface area contributed by atoms with Gasteiger partial charge in [0.1, 0.15) is 0 Å². The number of hydrazine groups is 1. The summed E-state index contributed by atoms with van der Waals surface area (Å²) < 4.78 is 0. The maximum atomic E-state index is 12.3. The molecule has 0 radical (unpaired) electrons. The number of aryl methyl sites for hydroxylation is 1. The van der Waals surface area contributed by atoms with E-state index >= 15 is 0 Å². The van der Waals surface area contributed by atoms with E-state index in [2.05, 4.69) is 10.7 Å². The summed E-state index contributed by atoms with van der Waals surface area (Å²) in [6.45, 7) is 1.88. The van der Waals surface area contributed by atoms with Crippen molar-refractivity contribution in [3.8, 4) is 6.07 Å². The third-order valence-corrected chi connectivity index (χ3v) is 3.23. The molecule has 0 saturated heterocycles. The standard InChI is InChI=1S/C15H13ClN4O/c1-9-2-4-13(20-18)11(6-9)15(21)19-14-5-3-10(8-17)7-12(14)16/h2-7,20H,18H2,1H3,(H,19,21). The van der Waals surface area contributed by atoms with Gasteiger partial charge in [-0.2, -0.15) is 5.26 Å². The highest BCUT2D eigenvalue weighted by atomic mass is 35.5. The summed E-state index contributed by atoms with van der Waals surface area (Å²) in [5.74, 6) is 5.07. The lowest BCUT2D eigenvalue weighted by molar-refractivity contribution is 0.102. The zero-order valence-electron chi connectivity index (χ0n) is 11.3. The van der Waals surface area contributed by atoms with E-state index < -0.39 is 0 Å². The molecule has 1 amide bonds. The summed E-state index contributed by atoms with van der Waals surface area (Å²) in [4.78, 5) is 12.3. The number of carbonyl (C=O) groups excluding carboxylic acids is 1. The average molecular weight is 301 g/mol. The molecule has 0 aromatic heterocycles. The third kappa shape index (κ3) is 3.31. The maximum Gasteiger partial charge on any atom is 0.257 e. The van der Waals surface area contributed by atoms with Gasteiger partial charge in [-0.15, -0.1) is 0 Å². The predicted molar refractivity (Wildman–Crippen MR) is 83.1 cm³/mol. The fraction of sp³-hybridized carbons (Fsp3) is 0.0667. The van der Waals surface area contributed by atoms with E-state index in [0.29, 0.717) is 27.5 Å². The zero-order valence-corrected chi connectivity index (χ0v) is 12.0. The molecule has 0 bridgehead atoms. The van der Waals surface area contributed by atoms with Gasteiger partial charge in [0.15, 0.2) is 0 Å². The maximum absolute atomic E-state index is 12.3. The first-order valence-electron chi connectivity index (χ1n) is 6.13. The Labute approximate surface area is 127 Å². The van der Waals surface area contributed by atoms with Crippen molar-refractivity contribution in [1.29, 1.82) is 5.26 Å². The second-order valence-electron chi connectivity index (χ2n) is 4.45. The highest BCUT2D eigenvalue weighted by molar-refractivity contribution is 6.34. The predicted octanol–water partition coefficient (Wildman–Crippen LogP) is 3.06. The number of nitrogen functional groups attached to an aromatic ring is 1. The Hall–Kier alpha value is -2.55. The molecule has 2 aromatic rings. The van der Waals surface area contributed by atoms with Crippen LogP contribution in [0.3, 0.4) is 0 Å². The topological polar surface area (TPSA) is 90.9 Å². The molecule has 0 aliphatic rings. The number of nitriles is 1. The normalized spacial score (nSPS) is 9.81. The van der Waals surface area contributed by atoms with Gasteiger partial charge in [0.25, 0.3) is 5.91 Å². The summed E-state index contributed by atoms with van der Waals surface area (Å²) in [7, 11) is 0. The average Bonchev–Trinajstić information content (AvgIpc) is 2.49. The van der Waals surface area contributed by atoms with Crippen LogP contribution in [0.5, 0.6) is 0 Å². The molecule has 5 nitrogen and oxygen atoms in total. The van der Waals surface area contributed by atoms with Crippen LogP contribution in [0.4, 0.5) is 11.4 Å². The van der Waals surface area contributed by atoms with E-state index in [-0.39, 0.29) is 5.91 Å². The highest BCUT2D eigenvalue weighted by Gasteiger charge is 2.13. The van der Waals surface area contributed by atoms with Gasteiger partial charge in [0, 0.05) is 0 Å². The van der Waals surface area contributed by atoms with Gasteiger partial charge in [0.2, 0.25) is 0 Å². The van der Waals surface area contributed by atoms with E-state index in [1.165, 1.54) is 6.07 Å². The van der Waals surface area contributed by atoms with Crippen molar-refractivity contribution < 1.29 is 4.79 Å². The van der Waals surface area contributed by atoms with Gasteiger partial charge in [-0.1, -0.05) is 23.2 Å². The number of benzene rings is 2. The largest absolute Gasteiger partial charge is 0.323 e. The molecule has 0 saturated carbocycles. The first-order valence-corrected chi connectivity index (χ1v) is 6.51. The molecule has 4 N–H and O–H groups in total. The van der Waals surface area contributed by atoms with Gasteiger partial charge in [-0.25, -0.2) is 0 Å². The number of hydrogen-bond donors (Lipinski definition) is 3. The molecule has 2 aromatic carbocycles. The number of halogens is 1.